The highest BCUT2D eigenvalue weighted by atomic mass is 19.4. The van der Waals surface area contributed by atoms with Gasteiger partial charge in [-0.05, 0) is 49.5 Å². The molecule has 4 rings (SSSR count). The molecule has 0 saturated carbocycles. The third kappa shape index (κ3) is 3.47. The van der Waals surface area contributed by atoms with Gasteiger partial charge < -0.3 is 9.80 Å². The van der Waals surface area contributed by atoms with Crippen LogP contribution in [0.2, 0.25) is 0 Å². The highest BCUT2D eigenvalue weighted by Gasteiger charge is 2.30. The van der Waals surface area contributed by atoms with E-state index in [9.17, 15) is 18.0 Å². The summed E-state index contributed by atoms with van der Waals surface area (Å²) >= 11 is 0. The lowest BCUT2D eigenvalue weighted by atomic mass is 10.1. The Bertz CT molecular complexity index is 1050. The van der Waals surface area contributed by atoms with Crippen LogP contribution in [0.4, 0.5) is 18.9 Å². The molecule has 3 aromatic rings. The first kappa shape index (κ1) is 18.5. The number of benzene rings is 2. The first-order valence-corrected chi connectivity index (χ1v) is 8.95. The van der Waals surface area contributed by atoms with Crippen molar-refractivity contribution in [2.45, 2.75) is 6.18 Å². The van der Waals surface area contributed by atoms with E-state index >= 15 is 0 Å². The van der Waals surface area contributed by atoms with Gasteiger partial charge in [0.25, 0.3) is 5.56 Å². The van der Waals surface area contributed by atoms with Crippen LogP contribution >= 0.6 is 0 Å². The predicted molar refractivity (Wildman–Crippen MR) is 102 cm³/mol. The molecule has 1 aromatic heterocycles. The van der Waals surface area contributed by atoms with Gasteiger partial charge >= 0.3 is 6.18 Å². The van der Waals surface area contributed by atoms with Crippen LogP contribution in [0.25, 0.3) is 16.6 Å². The minimum absolute atomic E-state index is 0.310. The monoisotopic (exact) mass is 388 g/mol. The fourth-order valence-electron chi connectivity index (χ4n) is 3.37. The number of halogens is 3. The lowest BCUT2D eigenvalue weighted by Gasteiger charge is -2.34. The zero-order valence-electron chi connectivity index (χ0n) is 15.3. The average molecular weight is 388 g/mol. The van der Waals surface area contributed by atoms with E-state index in [2.05, 4.69) is 21.8 Å². The van der Waals surface area contributed by atoms with Crippen molar-refractivity contribution in [3.8, 4) is 5.69 Å². The summed E-state index contributed by atoms with van der Waals surface area (Å²) in [6.45, 7) is 3.76. The topological polar surface area (TPSA) is 41.4 Å². The number of aromatic nitrogens is 2. The van der Waals surface area contributed by atoms with Crippen LogP contribution in [0.5, 0.6) is 0 Å². The minimum atomic E-state index is -4.41. The summed E-state index contributed by atoms with van der Waals surface area (Å²) in [7, 11) is 2.09. The van der Waals surface area contributed by atoms with Crippen molar-refractivity contribution in [1.82, 2.24) is 14.5 Å². The number of alkyl halides is 3. The first-order chi connectivity index (χ1) is 13.3. The molecule has 146 valence electrons. The summed E-state index contributed by atoms with van der Waals surface area (Å²) in [6.07, 6.45) is -3.05. The van der Waals surface area contributed by atoms with Gasteiger partial charge in [-0.3, -0.25) is 9.36 Å². The van der Waals surface area contributed by atoms with Crippen LogP contribution in [0.3, 0.4) is 0 Å². The summed E-state index contributed by atoms with van der Waals surface area (Å²) in [6, 6.07) is 9.99. The van der Waals surface area contributed by atoms with E-state index in [0.29, 0.717) is 16.6 Å². The second-order valence-corrected chi connectivity index (χ2v) is 6.96. The number of nitrogens with zero attached hydrogens (tertiary/aromatic N) is 4. The standard InChI is InChI=1S/C20H19F3N4O/c1-25-8-10-26(11-9-25)16-6-7-17-18(12-16)24-13-27(19(17)28)15-4-2-14(3-5-15)20(21,22)23/h2-7,12-13H,8-11H2,1H3. The van der Waals surface area contributed by atoms with Crippen LogP contribution in [-0.4, -0.2) is 47.7 Å². The highest BCUT2D eigenvalue weighted by molar-refractivity contribution is 5.81. The zero-order chi connectivity index (χ0) is 19.9. The number of rotatable bonds is 2. The molecule has 8 heteroatoms. The molecule has 0 bridgehead atoms. The molecule has 1 fully saturated rings. The Hall–Kier alpha value is -2.87. The SMILES string of the molecule is CN1CCN(c2ccc3c(=O)n(-c4ccc(C(F)(F)F)cc4)cnc3c2)CC1. The molecule has 0 spiro atoms. The Morgan fingerprint density at radius 2 is 1.57 bits per heavy atom. The Balaban J connectivity index is 1.68. The summed E-state index contributed by atoms with van der Waals surface area (Å²) in [4.78, 5) is 21.7. The fraction of sp³-hybridized carbons (Fsp3) is 0.300. The molecular weight excluding hydrogens is 369 g/mol. The normalized spacial score (nSPS) is 15.9. The summed E-state index contributed by atoms with van der Waals surface area (Å²) in [5.74, 6) is 0. The Kier molecular flexibility index (Phi) is 4.58. The van der Waals surface area contributed by atoms with E-state index in [1.807, 2.05) is 12.1 Å². The van der Waals surface area contributed by atoms with Gasteiger partial charge in [0.1, 0.15) is 6.33 Å². The Morgan fingerprint density at radius 3 is 2.21 bits per heavy atom. The molecule has 0 aliphatic carbocycles. The van der Waals surface area contributed by atoms with Crippen molar-refractivity contribution >= 4 is 16.6 Å². The Morgan fingerprint density at radius 1 is 0.929 bits per heavy atom. The largest absolute Gasteiger partial charge is 0.416 e. The van der Waals surface area contributed by atoms with Gasteiger partial charge in [0, 0.05) is 31.9 Å². The number of hydrogen-bond acceptors (Lipinski definition) is 4. The van der Waals surface area contributed by atoms with E-state index < -0.39 is 11.7 Å². The van der Waals surface area contributed by atoms with E-state index in [-0.39, 0.29) is 5.56 Å². The summed E-state index contributed by atoms with van der Waals surface area (Å²) < 4.78 is 39.5. The third-order valence-electron chi connectivity index (χ3n) is 5.08. The molecular formula is C20H19F3N4O. The van der Waals surface area contributed by atoms with E-state index in [1.54, 1.807) is 6.07 Å². The maximum absolute atomic E-state index is 12.8. The van der Waals surface area contributed by atoms with Gasteiger partial charge in [0.05, 0.1) is 22.2 Å². The number of piperazine rings is 1. The van der Waals surface area contributed by atoms with E-state index in [0.717, 1.165) is 44.0 Å². The van der Waals surface area contributed by atoms with E-state index in [4.69, 9.17) is 0 Å². The Labute approximate surface area is 159 Å². The van der Waals surface area contributed by atoms with E-state index in [1.165, 1.54) is 23.0 Å². The van der Waals surface area contributed by atoms with Crippen molar-refractivity contribution < 1.29 is 13.2 Å². The van der Waals surface area contributed by atoms with Gasteiger partial charge in [-0.25, -0.2) is 4.98 Å². The molecule has 0 unspecified atom stereocenters. The predicted octanol–water partition coefficient (Wildman–Crippen LogP) is 3.16. The molecule has 2 heterocycles. The summed E-state index contributed by atoms with van der Waals surface area (Å²) in [5.41, 5.74) is 0.865. The van der Waals surface area contributed by atoms with Gasteiger partial charge in [0.15, 0.2) is 0 Å². The van der Waals surface area contributed by atoms with Crippen LogP contribution in [-0.2, 0) is 6.18 Å². The lowest BCUT2D eigenvalue weighted by Crippen LogP contribution is -2.44. The quantitative estimate of drug-likeness (QED) is 0.676. The third-order valence-corrected chi connectivity index (χ3v) is 5.08. The second kappa shape index (κ2) is 6.94. The molecule has 0 atom stereocenters. The molecule has 1 saturated heterocycles. The molecule has 1 aliphatic rings. The van der Waals surface area contributed by atoms with Gasteiger partial charge in [-0.2, -0.15) is 13.2 Å². The van der Waals surface area contributed by atoms with Gasteiger partial charge in [-0.15, -0.1) is 0 Å². The van der Waals surface area contributed by atoms with Gasteiger partial charge in [-0.1, -0.05) is 0 Å². The van der Waals surface area contributed by atoms with Crippen molar-refractivity contribution in [1.29, 1.82) is 0 Å². The van der Waals surface area contributed by atoms with Crippen LogP contribution < -0.4 is 10.5 Å². The van der Waals surface area contributed by atoms with Crippen LogP contribution in [0.1, 0.15) is 5.56 Å². The number of hydrogen-bond donors (Lipinski definition) is 0. The fourth-order valence-corrected chi connectivity index (χ4v) is 3.37. The number of fused-ring (bicyclic) bond motifs is 1. The molecule has 0 radical (unpaired) electrons. The van der Waals surface area contributed by atoms with Crippen molar-refractivity contribution in [2.24, 2.45) is 0 Å². The molecule has 1 aliphatic heterocycles. The number of anilines is 1. The maximum Gasteiger partial charge on any atom is 0.416 e. The minimum Gasteiger partial charge on any atom is -0.369 e. The molecule has 0 amide bonds. The molecule has 0 N–H and O–H groups in total. The van der Waals surface area contributed by atoms with Crippen LogP contribution in [0, 0.1) is 0 Å². The van der Waals surface area contributed by atoms with Crippen molar-refractivity contribution in [2.75, 3.05) is 38.1 Å². The van der Waals surface area contributed by atoms with Gasteiger partial charge in [0.2, 0.25) is 0 Å². The molecule has 2 aromatic carbocycles. The smallest absolute Gasteiger partial charge is 0.369 e. The molecule has 5 nitrogen and oxygen atoms in total. The second-order valence-electron chi connectivity index (χ2n) is 6.96. The first-order valence-electron chi connectivity index (χ1n) is 8.95. The van der Waals surface area contributed by atoms with Crippen molar-refractivity contribution in [3.63, 3.8) is 0 Å². The van der Waals surface area contributed by atoms with Crippen molar-refractivity contribution in [3.05, 3.63) is 64.7 Å². The average Bonchev–Trinajstić information content (AvgIpc) is 2.68. The maximum atomic E-state index is 12.8. The zero-order valence-corrected chi connectivity index (χ0v) is 15.3. The summed E-state index contributed by atoms with van der Waals surface area (Å²) in [5, 5.41) is 0.431. The molecule has 28 heavy (non-hydrogen) atoms. The number of likely N-dealkylation sites (N-methyl/N-ethyl adjacent to an activating group) is 1. The van der Waals surface area contributed by atoms with Crippen LogP contribution in [0.15, 0.2) is 53.6 Å². The lowest BCUT2D eigenvalue weighted by molar-refractivity contribution is -0.137. The highest BCUT2D eigenvalue weighted by Crippen LogP contribution is 2.29.